The molecule has 0 atom stereocenters. The van der Waals surface area contributed by atoms with Crippen LogP contribution in [0, 0.1) is 5.41 Å². The molecule has 0 aliphatic carbocycles. The van der Waals surface area contributed by atoms with Crippen LogP contribution in [0.1, 0.15) is 43.2 Å². The van der Waals surface area contributed by atoms with Crippen LogP contribution in [0.15, 0.2) is 12.1 Å². The number of amides is 1. The SMILES string of the molecule is CCCc1cc(C(=O)NCC(C)(C)CN(C)C)cc(Cl)n1. The summed E-state index contributed by atoms with van der Waals surface area (Å²) in [5, 5.41) is 3.36. The van der Waals surface area contributed by atoms with Crippen molar-refractivity contribution in [3.63, 3.8) is 0 Å². The minimum Gasteiger partial charge on any atom is -0.351 e. The molecule has 0 aromatic carbocycles. The molecule has 4 nitrogen and oxygen atoms in total. The van der Waals surface area contributed by atoms with Gasteiger partial charge in [0.15, 0.2) is 0 Å². The number of aryl methyl sites for hydroxylation is 1. The third kappa shape index (κ3) is 6.44. The van der Waals surface area contributed by atoms with Crippen molar-refractivity contribution >= 4 is 17.5 Å². The van der Waals surface area contributed by atoms with Crippen LogP contribution < -0.4 is 5.32 Å². The third-order valence-electron chi connectivity index (χ3n) is 3.09. The number of nitrogens with zero attached hydrogens (tertiary/aromatic N) is 2. The number of halogens is 1. The lowest BCUT2D eigenvalue weighted by molar-refractivity contribution is 0.0929. The summed E-state index contributed by atoms with van der Waals surface area (Å²) in [5.74, 6) is -0.0940. The Balaban J connectivity index is 2.71. The number of hydrogen-bond donors (Lipinski definition) is 1. The van der Waals surface area contributed by atoms with E-state index in [-0.39, 0.29) is 11.3 Å². The van der Waals surface area contributed by atoms with E-state index in [1.807, 2.05) is 20.2 Å². The first-order chi connectivity index (χ1) is 9.73. The smallest absolute Gasteiger partial charge is 0.251 e. The highest BCUT2D eigenvalue weighted by atomic mass is 35.5. The van der Waals surface area contributed by atoms with Crippen LogP contribution in [0.4, 0.5) is 0 Å². The van der Waals surface area contributed by atoms with E-state index in [4.69, 9.17) is 11.6 Å². The highest BCUT2D eigenvalue weighted by molar-refractivity contribution is 6.29. The van der Waals surface area contributed by atoms with Crippen molar-refractivity contribution in [2.45, 2.75) is 33.6 Å². The molecule has 0 aliphatic heterocycles. The lowest BCUT2D eigenvalue weighted by Gasteiger charge is -2.28. The molecule has 118 valence electrons. The summed E-state index contributed by atoms with van der Waals surface area (Å²) < 4.78 is 0. The number of hydrogen-bond acceptors (Lipinski definition) is 3. The molecule has 0 fully saturated rings. The predicted molar refractivity (Wildman–Crippen MR) is 87.9 cm³/mol. The van der Waals surface area contributed by atoms with E-state index in [2.05, 4.69) is 36.0 Å². The maximum atomic E-state index is 12.3. The maximum absolute atomic E-state index is 12.3. The number of carbonyl (C=O) groups is 1. The van der Waals surface area contributed by atoms with E-state index < -0.39 is 0 Å². The van der Waals surface area contributed by atoms with Gasteiger partial charge in [0.05, 0.1) is 0 Å². The lowest BCUT2D eigenvalue weighted by atomic mass is 9.93. The fourth-order valence-corrected chi connectivity index (χ4v) is 2.63. The Hall–Kier alpha value is -1.13. The Morgan fingerprint density at radius 1 is 1.38 bits per heavy atom. The summed E-state index contributed by atoms with van der Waals surface area (Å²) in [4.78, 5) is 18.6. The quantitative estimate of drug-likeness (QED) is 0.787. The van der Waals surface area contributed by atoms with Crippen LogP contribution in [-0.2, 0) is 6.42 Å². The third-order valence-corrected chi connectivity index (χ3v) is 3.28. The Kier molecular flexibility index (Phi) is 6.62. The molecule has 0 saturated heterocycles. The summed E-state index contributed by atoms with van der Waals surface area (Å²) in [7, 11) is 4.06. The standard InChI is InChI=1S/C16H26ClN3O/c1-6-7-13-8-12(9-14(17)19-13)15(21)18-10-16(2,3)11-20(4)5/h8-9H,6-7,10-11H2,1-5H3,(H,18,21). The Morgan fingerprint density at radius 2 is 2.05 bits per heavy atom. The maximum Gasteiger partial charge on any atom is 0.251 e. The Labute approximate surface area is 132 Å². The van der Waals surface area contributed by atoms with Gasteiger partial charge in [0.2, 0.25) is 0 Å². The van der Waals surface area contributed by atoms with Gasteiger partial charge in [0.25, 0.3) is 5.91 Å². The molecule has 0 bridgehead atoms. The van der Waals surface area contributed by atoms with Gasteiger partial charge in [-0.3, -0.25) is 4.79 Å². The van der Waals surface area contributed by atoms with Crippen LogP contribution in [0.2, 0.25) is 5.15 Å². The van der Waals surface area contributed by atoms with E-state index in [0.717, 1.165) is 25.1 Å². The number of pyridine rings is 1. The lowest BCUT2D eigenvalue weighted by Crippen LogP contribution is -2.40. The zero-order valence-corrected chi connectivity index (χ0v) is 14.4. The van der Waals surface area contributed by atoms with Gasteiger partial charge in [-0.2, -0.15) is 0 Å². The molecule has 1 heterocycles. The zero-order chi connectivity index (χ0) is 16.0. The molecule has 0 spiro atoms. The molecular formula is C16H26ClN3O. The Morgan fingerprint density at radius 3 is 2.62 bits per heavy atom. The first-order valence-electron chi connectivity index (χ1n) is 7.33. The van der Waals surface area contributed by atoms with Gasteiger partial charge in [0, 0.05) is 24.3 Å². The fraction of sp³-hybridized carbons (Fsp3) is 0.625. The van der Waals surface area contributed by atoms with Crippen molar-refractivity contribution in [3.8, 4) is 0 Å². The second-order valence-electron chi connectivity index (χ2n) is 6.50. The number of aromatic nitrogens is 1. The molecule has 1 aromatic heterocycles. The van der Waals surface area contributed by atoms with Crippen molar-refractivity contribution in [2.75, 3.05) is 27.2 Å². The minimum absolute atomic E-state index is 0.0161. The van der Waals surface area contributed by atoms with Crippen LogP contribution in [0.25, 0.3) is 0 Å². The van der Waals surface area contributed by atoms with Gasteiger partial charge in [-0.25, -0.2) is 4.98 Å². The molecule has 0 unspecified atom stereocenters. The van der Waals surface area contributed by atoms with E-state index >= 15 is 0 Å². The topological polar surface area (TPSA) is 45.2 Å². The van der Waals surface area contributed by atoms with E-state index in [0.29, 0.717) is 17.3 Å². The first-order valence-corrected chi connectivity index (χ1v) is 7.70. The van der Waals surface area contributed by atoms with Gasteiger partial charge in [-0.1, -0.05) is 38.8 Å². The van der Waals surface area contributed by atoms with E-state index in [1.165, 1.54) is 0 Å². The molecular weight excluding hydrogens is 286 g/mol. The number of nitrogens with one attached hydrogen (secondary N) is 1. The first kappa shape index (κ1) is 17.9. The van der Waals surface area contributed by atoms with Crippen molar-refractivity contribution in [3.05, 3.63) is 28.5 Å². The summed E-state index contributed by atoms with van der Waals surface area (Å²) in [6.45, 7) is 7.87. The van der Waals surface area contributed by atoms with Gasteiger partial charge in [-0.05, 0) is 38.1 Å². The molecule has 1 N–H and O–H groups in total. The zero-order valence-electron chi connectivity index (χ0n) is 13.7. The second-order valence-corrected chi connectivity index (χ2v) is 6.89. The molecule has 1 amide bonds. The molecule has 0 saturated carbocycles. The molecule has 1 aromatic rings. The molecule has 21 heavy (non-hydrogen) atoms. The summed E-state index contributed by atoms with van der Waals surface area (Å²) >= 11 is 5.99. The van der Waals surface area contributed by atoms with Crippen molar-refractivity contribution in [1.82, 2.24) is 15.2 Å². The van der Waals surface area contributed by atoms with Crippen molar-refractivity contribution in [1.29, 1.82) is 0 Å². The molecule has 5 heteroatoms. The summed E-state index contributed by atoms with van der Waals surface area (Å²) in [6.07, 6.45) is 1.80. The normalized spacial score (nSPS) is 11.8. The highest BCUT2D eigenvalue weighted by Gasteiger charge is 2.20. The highest BCUT2D eigenvalue weighted by Crippen LogP contribution is 2.16. The van der Waals surface area contributed by atoms with Gasteiger partial charge < -0.3 is 10.2 Å². The van der Waals surface area contributed by atoms with Crippen LogP contribution >= 0.6 is 11.6 Å². The van der Waals surface area contributed by atoms with Crippen LogP contribution in [0.3, 0.4) is 0 Å². The van der Waals surface area contributed by atoms with E-state index in [9.17, 15) is 4.79 Å². The monoisotopic (exact) mass is 311 g/mol. The summed E-state index contributed by atoms with van der Waals surface area (Å²) in [5.41, 5.74) is 1.46. The molecule has 0 radical (unpaired) electrons. The molecule has 1 rings (SSSR count). The van der Waals surface area contributed by atoms with Crippen molar-refractivity contribution in [2.24, 2.45) is 5.41 Å². The van der Waals surface area contributed by atoms with Crippen LogP contribution in [0.5, 0.6) is 0 Å². The Bertz CT molecular complexity index is 486. The van der Waals surface area contributed by atoms with Gasteiger partial charge in [0.1, 0.15) is 5.15 Å². The minimum atomic E-state index is -0.0940. The van der Waals surface area contributed by atoms with Crippen molar-refractivity contribution < 1.29 is 4.79 Å². The largest absolute Gasteiger partial charge is 0.351 e. The van der Waals surface area contributed by atoms with Gasteiger partial charge in [-0.15, -0.1) is 0 Å². The van der Waals surface area contributed by atoms with Gasteiger partial charge >= 0.3 is 0 Å². The molecule has 0 aliphatic rings. The average molecular weight is 312 g/mol. The summed E-state index contributed by atoms with van der Waals surface area (Å²) in [6, 6.07) is 3.44. The number of carbonyl (C=O) groups excluding carboxylic acids is 1. The van der Waals surface area contributed by atoms with Crippen LogP contribution in [-0.4, -0.2) is 43.0 Å². The number of rotatable bonds is 7. The predicted octanol–water partition coefficient (Wildman–Crippen LogP) is 3.01. The average Bonchev–Trinajstić information content (AvgIpc) is 2.34. The fourth-order valence-electron chi connectivity index (χ4n) is 2.40. The second kappa shape index (κ2) is 7.76. The van der Waals surface area contributed by atoms with E-state index in [1.54, 1.807) is 6.07 Å².